The Hall–Kier alpha value is -2.60. The predicted molar refractivity (Wildman–Crippen MR) is 71.8 cm³/mol. The lowest BCUT2D eigenvalue weighted by molar-refractivity contribution is 0.306. The smallest absolute Gasteiger partial charge is 0.123 e. The first-order chi connectivity index (χ1) is 9.28. The van der Waals surface area contributed by atoms with Crippen LogP contribution in [0.4, 0.5) is 4.39 Å². The van der Waals surface area contributed by atoms with Crippen molar-refractivity contribution in [1.29, 1.82) is 5.26 Å². The molecule has 0 saturated carbocycles. The van der Waals surface area contributed by atoms with Crippen LogP contribution in [0.5, 0.6) is 5.75 Å². The highest BCUT2D eigenvalue weighted by Gasteiger charge is 1.97. The zero-order chi connectivity index (χ0) is 13.5. The maximum Gasteiger partial charge on any atom is 0.123 e. The molecule has 0 unspecified atom stereocenters. The van der Waals surface area contributed by atoms with Gasteiger partial charge in [-0.3, -0.25) is 0 Å². The van der Waals surface area contributed by atoms with E-state index in [0.717, 1.165) is 16.9 Å². The molecule has 0 fully saturated rings. The van der Waals surface area contributed by atoms with Gasteiger partial charge in [0.15, 0.2) is 0 Å². The molecular weight excluding hydrogens is 241 g/mol. The van der Waals surface area contributed by atoms with Crippen molar-refractivity contribution in [3.05, 3.63) is 71.6 Å². The highest BCUT2D eigenvalue weighted by atomic mass is 19.1. The molecule has 0 radical (unpaired) electrons. The van der Waals surface area contributed by atoms with E-state index in [1.807, 2.05) is 30.3 Å². The van der Waals surface area contributed by atoms with Gasteiger partial charge in [0.1, 0.15) is 18.2 Å². The van der Waals surface area contributed by atoms with Crippen molar-refractivity contribution in [2.24, 2.45) is 0 Å². The fraction of sp³-hybridized carbons (Fsp3) is 0.0625. The quantitative estimate of drug-likeness (QED) is 0.773. The number of allylic oxidation sites excluding steroid dienone is 1. The van der Waals surface area contributed by atoms with Crippen molar-refractivity contribution in [1.82, 2.24) is 0 Å². The van der Waals surface area contributed by atoms with Gasteiger partial charge in [-0.25, -0.2) is 4.39 Å². The fourth-order valence-corrected chi connectivity index (χ4v) is 1.56. The number of hydrogen-bond donors (Lipinski definition) is 0. The van der Waals surface area contributed by atoms with Crippen LogP contribution in [0.2, 0.25) is 0 Å². The average molecular weight is 253 g/mol. The molecule has 0 heterocycles. The summed E-state index contributed by atoms with van der Waals surface area (Å²) in [5.41, 5.74) is 1.85. The van der Waals surface area contributed by atoms with Crippen molar-refractivity contribution in [2.75, 3.05) is 0 Å². The number of ether oxygens (including phenoxy) is 1. The summed E-state index contributed by atoms with van der Waals surface area (Å²) in [7, 11) is 0. The lowest BCUT2D eigenvalue weighted by Gasteiger charge is -2.06. The van der Waals surface area contributed by atoms with E-state index in [0.29, 0.717) is 6.61 Å². The molecule has 2 nitrogen and oxygen atoms in total. The van der Waals surface area contributed by atoms with Gasteiger partial charge in [-0.2, -0.15) is 5.26 Å². The first-order valence-electron chi connectivity index (χ1n) is 5.81. The molecule has 0 amide bonds. The molecule has 0 saturated heterocycles. The number of rotatable bonds is 4. The van der Waals surface area contributed by atoms with Gasteiger partial charge >= 0.3 is 0 Å². The zero-order valence-corrected chi connectivity index (χ0v) is 10.2. The third kappa shape index (κ3) is 3.97. The Kier molecular flexibility index (Phi) is 4.30. The number of halogens is 1. The fourth-order valence-electron chi connectivity index (χ4n) is 1.56. The molecule has 0 aromatic heterocycles. The number of nitrogens with zero attached hydrogens (tertiary/aromatic N) is 1. The summed E-state index contributed by atoms with van der Waals surface area (Å²) in [4.78, 5) is 0. The monoisotopic (exact) mass is 253 g/mol. The molecule has 2 aromatic rings. The first kappa shape index (κ1) is 12.8. The maximum atomic E-state index is 12.7. The van der Waals surface area contributed by atoms with Crippen LogP contribution in [0.1, 0.15) is 11.1 Å². The second kappa shape index (κ2) is 6.36. The highest BCUT2D eigenvalue weighted by Crippen LogP contribution is 2.15. The SMILES string of the molecule is N#CC=Cc1ccc(OCc2ccc(F)cc2)cc1. The molecule has 2 rings (SSSR count). The standard InChI is InChI=1S/C16H12FNO/c17-15-7-3-14(4-8-15)12-19-16-9-5-13(6-10-16)2-1-11-18/h1-10H,12H2. The van der Waals surface area contributed by atoms with E-state index in [-0.39, 0.29) is 5.82 Å². The average Bonchev–Trinajstić information content (AvgIpc) is 2.46. The molecule has 2 aromatic carbocycles. The van der Waals surface area contributed by atoms with Gasteiger partial charge in [-0.05, 0) is 41.5 Å². The number of hydrogen-bond acceptors (Lipinski definition) is 2. The van der Waals surface area contributed by atoms with Gasteiger partial charge in [0.2, 0.25) is 0 Å². The molecule has 0 N–H and O–H groups in total. The third-order valence-electron chi connectivity index (χ3n) is 2.55. The minimum absolute atomic E-state index is 0.252. The van der Waals surface area contributed by atoms with Gasteiger partial charge in [0.25, 0.3) is 0 Å². The van der Waals surface area contributed by atoms with Gasteiger partial charge in [-0.15, -0.1) is 0 Å². The van der Waals surface area contributed by atoms with E-state index in [2.05, 4.69) is 0 Å². The van der Waals surface area contributed by atoms with Crippen LogP contribution in [-0.2, 0) is 6.61 Å². The zero-order valence-electron chi connectivity index (χ0n) is 10.2. The molecule has 0 aliphatic heterocycles. The second-order valence-corrected chi connectivity index (χ2v) is 3.95. The summed E-state index contributed by atoms with van der Waals surface area (Å²) in [6, 6.07) is 15.6. The van der Waals surface area contributed by atoms with Crippen molar-refractivity contribution in [3.8, 4) is 11.8 Å². The maximum absolute atomic E-state index is 12.7. The predicted octanol–water partition coefficient (Wildman–Crippen LogP) is 3.94. The highest BCUT2D eigenvalue weighted by molar-refractivity contribution is 5.52. The van der Waals surface area contributed by atoms with E-state index in [1.54, 1.807) is 18.2 Å². The minimum atomic E-state index is -0.252. The van der Waals surface area contributed by atoms with Crippen molar-refractivity contribution >= 4 is 6.08 Å². The summed E-state index contributed by atoms with van der Waals surface area (Å²) in [6.45, 7) is 0.396. The normalized spacial score (nSPS) is 10.3. The van der Waals surface area contributed by atoms with Crippen LogP contribution >= 0.6 is 0 Å². The Balaban J connectivity index is 1.95. The van der Waals surface area contributed by atoms with Crippen LogP contribution in [-0.4, -0.2) is 0 Å². The molecular formula is C16H12FNO. The first-order valence-corrected chi connectivity index (χ1v) is 5.81. The Bertz CT molecular complexity index is 594. The Morgan fingerprint density at radius 2 is 1.74 bits per heavy atom. The van der Waals surface area contributed by atoms with Crippen LogP contribution < -0.4 is 4.74 Å². The van der Waals surface area contributed by atoms with Crippen LogP contribution in [0.25, 0.3) is 6.08 Å². The molecule has 3 heteroatoms. The second-order valence-electron chi connectivity index (χ2n) is 3.95. The van der Waals surface area contributed by atoms with Crippen LogP contribution in [0, 0.1) is 17.1 Å². The Morgan fingerprint density at radius 1 is 1.05 bits per heavy atom. The molecule has 94 valence electrons. The van der Waals surface area contributed by atoms with Crippen molar-refractivity contribution in [3.63, 3.8) is 0 Å². The summed E-state index contributed by atoms with van der Waals surface area (Å²) >= 11 is 0. The van der Waals surface area contributed by atoms with Gasteiger partial charge < -0.3 is 4.74 Å². The van der Waals surface area contributed by atoms with Crippen LogP contribution in [0.3, 0.4) is 0 Å². The summed E-state index contributed by atoms with van der Waals surface area (Å²) in [6.07, 6.45) is 3.15. The number of nitriles is 1. The Morgan fingerprint density at radius 3 is 2.37 bits per heavy atom. The molecule has 19 heavy (non-hydrogen) atoms. The van der Waals surface area contributed by atoms with Gasteiger partial charge in [-0.1, -0.05) is 24.3 Å². The van der Waals surface area contributed by atoms with Crippen molar-refractivity contribution in [2.45, 2.75) is 6.61 Å². The molecule has 0 aliphatic rings. The van der Waals surface area contributed by atoms with Crippen LogP contribution in [0.15, 0.2) is 54.6 Å². The summed E-state index contributed by atoms with van der Waals surface area (Å²) in [5.74, 6) is 0.482. The summed E-state index contributed by atoms with van der Waals surface area (Å²) in [5, 5.41) is 8.42. The topological polar surface area (TPSA) is 33.0 Å². The van der Waals surface area contributed by atoms with E-state index >= 15 is 0 Å². The minimum Gasteiger partial charge on any atom is -0.489 e. The third-order valence-corrected chi connectivity index (χ3v) is 2.55. The van der Waals surface area contributed by atoms with E-state index in [4.69, 9.17) is 10.00 Å². The largest absolute Gasteiger partial charge is 0.489 e. The molecule has 0 bridgehead atoms. The molecule has 0 spiro atoms. The lowest BCUT2D eigenvalue weighted by Crippen LogP contribution is -1.95. The van der Waals surface area contributed by atoms with E-state index < -0.39 is 0 Å². The number of benzene rings is 2. The van der Waals surface area contributed by atoms with Gasteiger partial charge in [0, 0.05) is 6.08 Å². The Labute approximate surface area is 111 Å². The van der Waals surface area contributed by atoms with E-state index in [1.165, 1.54) is 18.2 Å². The molecule has 0 aliphatic carbocycles. The van der Waals surface area contributed by atoms with E-state index in [9.17, 15) is 4.39 Å². The summed E-state index contributed by atoms with van der Waals surface area (Å²) < 4.78 is 18.3. The van der Waals surface area contributed by atoms with Crippen molar-refractivity contribution < 1.29 is 9.13 Å². The van der Waals surface area contributed by atoms with Gasteiger partial charge in [0.05, 0.1) is 6.07 Å². The lowest BCUT2D eigenvalue weighted by atomic mass is 10.2. The molecule has 0 atom stereocenters.